The molecular weight excluding hydrogens is 411 g/mol. The molecule has 0 atom stereocenters. The van der Waals surface area contributed by atoms with E-state index in [9.17, 15) is 4.79 Å². The Morgan fingerprint density at radius 2 is 2.05 bits per heavy atom. The minimum absolute atomic E-state index is 0.207. The number of thiazole rings is 1. The molecule has 1 aromatic carbocycles. The highest BCUT2D eigenvalue weighted by molar-refractivity contribution is 9.10. The number of rotatable bonds is 3. The molecule has 0 unspecified atom stereocenters. The van der Waals surface area contributed by atoms with Crippen LogP contribution >= 0.6 is 50.5 Å². The molecule has 3 rings (SSSR count). The fourth-order valence-electron chi connectivity index (χ4n) is 1.71. The van der Waals surface area contributed by atoms with E-state index in [0.29, 0.717) is 25.5 Å². The van der Waals surface area contributed by atoms with Crippen LogP contribution in [0.2, 0.25) is 10.0 Å². The predicted octanol–water partition coefficient (Wildman–Crippen LogP) is 5.72. The van der Waals surface area contributed by atoms with Crippen molar-refractivity contribution in [2.75, 3.05) is 5.32 Å². The van der Waals surface area contributed by atoms with Crippen molar-refractivity contribution in [2.24, 2.45) is 0 Å². The molecule has 0 saturated carbocycles. The molecule has 4 nitrogen and oxygen atoms in total. The van der Waals surface area contributed by atoms with Gasteiger partial charge in [-0.1, -0.05) is 29.3 Å². The standard InChI is InChI=1S/C14H7BrCl2N2O2S/c15-12-4-3-11(21-12)13(20)19-14-18-10(6-22-14)7-1-2-8(16)9(17)5-7/h1-6H,(H,18,19,20). The second-order valence-corrected chi connectivity index (χ2v) is 6.68. The zero-order chi connectivity index (χ0) is 15.7. The van der Waals surface area contributed by atoms with E-state index in [1.807, 2.05) is 11.4 Å². The van der Waals surface area contributed by atoms with Crippen molar-refractivity contribution < 1.29 is 9.21 Å². The van der Waals surface area contributed by atoms with Crippen LogP contribution in [0.15, 0.2) is 44.8 Å². The molecule has 0 aliphatic heterocycles. The lowest BCUT2D eigenvalue weighted by Crippen LogP contribution is -2.10. The number of nitrogens with one attached hydrogen (secondary N) is 1. The van der Waals surface area contributed by atoms with Crippen LogP contribution in [0.4, 0.5) is 5.13 Å². The highest BCUT2D eigenvalue weighted by Crippen LogP contribution is 2.30. The maximum Gasteiger partial charge on any atom is 0.293 e. The minimum atomic E-state index is -0.360. The number of amides is 1. The van der Waals surface area contributed by atoms with Gasteiger partial charge in [-0.3, -0.25) is 10.1 Å². The van der Waals surface area contributed by atoms with Gasteiger partial charge in [0.25, 0.3) is 5.91 Å². The molecule has 0 fully saturated rings. The zero-order valence-corrected chi connectivity index (χ0v) is 14.7. The van der Waals surface area contributed by atoms with E-state index < -0.39 is 0 Å². The van der Waals surface area contributed by atoms with Crippen molar-refractivity contribution in [1.29, 1.82) is 0 Å². The largest absolute Gasteiger partial charge is 0.444 e. The molecule has 112 valence electrons. The highest BCUT2D eigenvalue weighted by Gasteiger charge is 2.13. The average Bonchev–Trinajstić information content (AvgIpc) is 3.11. The normalized spacial score (nSPS) is 10.7. The van der Waals surface area contributed by atoms with Gasteiger partial charge in [-0.15, -0.1) is 11.3 Å². The quantitative estimate of drug-likeness (QED) is 0.592. The number of nitrogens with zero attached hydrogens (tertiary/aromatic N) is 1. The maximum absolute atomic E-state index is 12.0. The average molecular weight is 418 g/mol. The monoisotopic (exact) mass is 416 g/mol. The number of carbonyl (C=O) groups is 1. The second-order valence-electron chi connectivity index (χ2n) is 4.22. The summed E-state index contributed by atoms with van der Waals surface area (Å²) >= 11 is 16.3. The van der Waals surface area contributed by atoms with Gasteiger partial charge in [0.15, 0.2) is 15.6 Å². The summed E-state index contributed by atoms with van der Waals surface area (Å²) in [5.41, 5.74) is 1.53. The van der Waals surface area contributed by atoms with Crippen LogP contribution in [-0.4, -0.2) is 10.9 Å². The van der Waals surface area contributed by atoms with Gasteiger partial charge in [0.1, 0.15) is 0 Å². The Hall–Kier alpha value is -1.34. The Morgan fingerprint density at radius 1 is 1.23 bits per heavy atom. The van der Waals surface area contributed by atoms with E-state index in [0.717, 1.165) is 5.56 Å². The van der Waals surface area contributed by atoms with Crippen LogP contribution < -0.4 is 5.32 Å². The molecule has 1 amide bonds. The van der Waals surface area contributed by atoms with Crippen molar-refractivity contribution in [3.8, 4) is 11.3 Å². The second kappa shape index (κ2) is 6.42. The van der Waals surface area contributed by atoms with E-state index >= 15 is 0 Å². The van der Waals surface area contributed by atoms with E-state index in [-0.39, 0.29) is 11.7 Å². The predicted molar refractivity (Wildman–Crippen MR) is 91.9 cm³/mol. The Kier molecular flexibility index (Phi) is 4.54. The summed E-state index contributed by atoms with van der Waals surface area (Å²) in [4.78, 5) is 16.3. The number of furan rings is 1. The summed E-state index contributed by atoms with van der Waals surface area (Å²) < 4.78 is 5.68. The lowest BCUT2D eigenvalue weighted by atomic mass is 10.2. The van der Waals surface area contributed by atoms with Crippen LogP contribution in [0.1, 0.15) is 10.6 Å². The zero-order valence-electron chi connectivity index (χ0n) is 10.8. The van der Waals surface area contributed by atoms with E-state index in [4.69, 9.17) is 27.6 Å². The molecule has 0 saturated heterocycles. The lowest BCUT2D eigenvalue weighted by molar-refractivity contribution is 0.0995. The molecule has 22 heavy (non-hydrogen) atoms. The SMILES string of the molecule is O=C(Nc1nc(-c2ccc(Cl)c(Cl)c2)cs1)c1ccc(Br)o1. The summed E-state index contributed by atoms with van der Waals surface area (Å²) in [6, 6.07) is 8.48. The van der Waals surface area contributed by atoms with Gasteiger partial charge >= 0.3 is 0 Å². The van der Waals surface area contributed by atoms with Crippen molar-refractivity contribution in [3.05, 3.63) is 56.2 Å². The first kappa shape index (κ1) is 15.6. The molecule has 0 aliphatic carbocycles. The van der Waals surface area contributed by atoms with Crippen molar-refractivity contribution in [2.45, 2.75) is 0 Å². The number of halogens is 3. The summed E-state index contributed by atoms with van der Waals surface area (Å²) in [7, 11) is 0. The summed E-state index contributed by atoms with van der Waals surface area (Å²) in [6.07, 6.45) is 0. The lowest BCUT2D eigenvalue weighted by Gasteiger charge is -2.00. The topological polar surface area (TPSA) is 55.1 Å². The van der Waals surface area contributed by atoms with Crippen LogP contribution in [-0.2, 0) is 0 Å². The summed E-state index contributed by atoms with van der Waals surface area (Å²) in [6.45, 7) is 0. The molecule has 0 bridgehead atoms. The third kappa shape index (κ3) is 3.35. The number of hydrogen-bond acceptors (Lipinski definition) is 4. The minimum Gasteiger partial charge on any atom is -0.444 e. The van der Waals surface area contributed by atoms with Gasteiger partial charge in [0, 0.05) is 10.9 Å². The Balaban J connectivity index is 1.78. The first-order chi connectivity index (χ1) is 10.5. The molecule has 0 spiro atoms. The van der Waals surface area contributed by atoms with Gasteiger partial charge < -0.3 is 4.42 Å². The number of anilines is 1. The highest BCUT2D eigenvalue weighted by atomic mass is 79.9. The molecule has 2 aromatic heterocycles. The summed E-state index contributed by atoms with van der Waals surface area (Å²) in [5, 5.41) is 5.92. The molecule has 2 heterocycles. The molecule has 3 aromatic rings. The number of benzene rings is 1. The molecular formula is C14H7BrCl2N2O2S. The molecule has 0 aliphatic rings. The van der Waals surface area contributed by atoms with Crippen molar-refractivity contribution in [1.82, 2.24) is 4.98 Å². The third-order valence-electron chi connectivity index (χ3n) is 2.74. The van der Waals surface area contributed by atoms with Crippen molar-refractivity contribution >= 4 is 61.5 Å². The van der Waals surface area contributed by atoms with E-state index in [1.165, 1.54) is 11.3 Å². The Labute approximate surface area is 148 Å². The number of hydrogen-bond donors (Lipinski definition) is 1. The first-order valence-corrected chi connectivity index (χ1v) is 8.43. The Morgan fingerprint density at radius 3 is 2.73 bits per heavy atom. The van der Waals surface area contributed by atoms with Gasteiger partial charge in [-0.05, 0) is 40.2 Å². The van der Waals surface area contributed by atoms with Crippen LogP contribution in [0, 0.1) is 0 Å². The van der Waals surface area contributed by atoms with E-state index in [2.05, 4.69) is 26.2 Å². The Bertz CT molecular complexity index is 847. The maximum atomic E-state index is 12.0. The van der Waals surface area contributed by atoms with Gasteiger partial charge in [0.05, 0.1) is 15.7 Å². The van der Waals surface area contributed by atoms with Crippen molar-refractivity contribution in [3.63, 3.8) is 0 Å². The fourth-order valence-corrected chi connectivity index (χ4v) is 3.03. The van der Waals surface area contributed by atoms with Crippen LogP contribution in [0.3, 0.4) is 0 Å². The molecule has 0 radical (unpaired) electrons. The smallest absolute Gasteiger partial charge is 0.293 e. The third-order valence-corrected chi connectivity index (χ3v) is 4.66. The van der Waals surface area contributed by atoms with Gasteiger partial charge in [-0.25, -0.2) is 4.98 Å². The van der Waals surface area contributed by atoms with E-state index in [1.54, 1.807) is 24.3 Å². The molecule has 1 N–H and O–H groups in total. The molecule has 8 heteroatoms. The van der Waals surface area contributed by atoms with Crippen LogP contribution in [0.5, 0.6) is 0 Å². The number of aromatic nitrogens is 1. The van der Waals surface area contributed by atoms with Gasteiger partial charge in [0.2, 0.25) is 0 Å². The summed E-state index contributed by atoms with van der Waals surface area (Å²) in [5.74, 6) is -0.154. The first-order valence-electron chi connectivity index (χ1n) is 6.00. The van der Waals surface area contributed by atoms with Crippen LogP contribution in [0.25, 0.3) is 11.3 Å². The van der Waals surface area contributed by atoms with Gasteiger partial charge in [-0.2, -0.15) is 0 Å². The fraction of sp³-hybridized carbons (Fsp3) is 0. The number of carbonyl (C=O) groups excluding carboxylic acids is 1.